The lowest BCUT2D eigenvalue weighted by Crippen LogP contribution is -1.96. The Balaban J connectivity index is 2.37. The molecule has 0 aliphatic rings. The van der Waals surface area contributed by atoms with E-state index in [4.69, 9.17) is 5.73 Å². The van der Waals surface area contributed by atoms with Gasteiger partial charge in [0.05, 0.1) is 5.69 Å². The van der Waals surface area contributed by atoms with Crippen LogP contribution in [0.25, 0.3) is 11.1 Å². The molecule has 0 bridgehead atoms. The maximum absolute atomic E-state index is 5.67. The average molecular weight is 229 g/mol. The van der Waals surface area contributed by atoms with Gasteiger partial charge >= 0.3 is 0 Å². The molecule has 2 aromatic rings. The van der Waals surface area contributed by atoms with E-state index in [0.717, 1.165) is 24.2 Å². The van der Waals surface area contributed by atoms with E-state index in [9.17, 15) is 0 Å². The highest BCUT2D eigenvalue weighted by molar-refractivity contribution is 5.65. The molecule has 3 nitrogen and oxygen atoms in total. The topological polar surface area (TPSA) is 43.8 Å². The third-order valence-electron chi connectivity index (χ3n) is 2.87. The Hall–Kier alpha value is -1.61. The summed E-state index contributed by atoms with van der Waals surface area (Å²) >= 11 is 0. The van der Waals surface area contributed by atoms with Crippen LogP contribution < -0.4 is 5.73 Å². The fraction of sp³-hybridized carbons (Fsp3) is 0.357. The van der Waals surface area contributed by atoms with Crippen molar-refractivity contribution in [3.8, 4) is 11.1 Å². The summed E-state index contributed by atoms with van der Waals surface area (Å²) in [7, 11) is 0. The van der Waals surface area contributed by atoms with Crippen LogP contribution in [-0.2, 0) is 13.1 Å². The van der Waals surface area contributed by atoms with E-state index in [1.54, 1.807) is 0 Å². The van der Waals surface area contributed by atoms with E-state index in [1.165, 1.54) is 11.1 Å². The zero-order valence-electron chi connectivity index (χ0n) is 10.5. The van der Waals surface area contributed by atoms with Gasteiger partial charge < -0.3 is 5.73 Å². The van der Waals surface area contributed by atoms with Crippen molar-refractivity contribution in [1.29, 1.82) is 0 Å². The normalized spacial score (nSPS) is 10.8. The molecule has 1 heterocycles. The van der Waals surface area contributed by atoms with Crippen LogP contribution >= 0.6 is 0 Å². The van der Waals surface area contributed by atoms with Crippen molar-refractivity contribution in [1.82, 2.24) is 9.78 Å². The molecule has 3 heteroatoms. The van der Waals surface area contributed by atoms with Gasteiger partial charge in [-0.3, -0.25) is 4.68 Å². The minimum atomic E-state index is 0.579. The molecule has 1 aromatic carbocycles. The van der Waals surface area contributed by atoms with Crippen molar-refractivity contribution in [3.05, 3.63) is 41.7 Å². The van der Waals surface area contributed by atoms with Crippen LogP contribution in [0.1, 0.15) is 24.6 Å². The van der Waals surface area contributed by atoms with E-state index in [2.05, 4.69) is 43.3 Å². The van der Waals surface area contributed by atoms with Gasteiger partial charge in [-0.2, -0.15) is 5.10 Å². The Labute approximate surface area is 102 Å². The third kappa shape index (κ3) is 2.56. The quantitative estimate of drug-likeness (QED) is 0.876. The first-order valence-corrected chi connectivity index (χ1v) is 6.08. The van der Waals surface area contributed by atoms with Gasteiger partial charge in [-0.25, -0.2) is 0 Å². The highest BCUT2D eigenvalue weighted by atomic mass is 15.3. The first-order chi connectivity index (χ1) is 8.24. The SMILES string of the molecule is CCCn1cc(-c2cccc(CN)c2)c(C)n1. The maximum Gasteiger partial charge on any atom is 0.0672 e. The number of nitrogens with zero attached hydrogens (tertiary/aromatic N) is 2. The van der Waals surface area contributed by atoms with E-state index in [0.29, 0.717) is 6.54 Å². The number of hydrogen-bond donors (Lipinski definition) is 1. The molecule has 0 aliphatic carbocycles. The Bertz CT molecular complexity index is 500. The van der Waals surface area contributed by atoms with Crippen LogP contribution in [-0.4, -0.2) is 9.78 Å². The lowest BCUT2D eigenvalue weighted by Gasteiger charge is -2.02. The molecule has 90 valence electrons. The molecule has 0 fully saturated rings. The first-order valence-electron chi connectivity index (χ1n) is 6.08. The fourth-order valence-electron chi connectivity index (χ4n) is 2.01. The predicted molar refractivity (Wildman–Crippen MR) is 70.6 cm³/mol. The number of hydrogen-bond acceptors (Lipinski definition) is 2. The molecule has 2 N–H and O–H groups in total. The first kappa shape index (κ1) is 11.9. The monoisotopic (exact) mass is 229 g/mol. The van der Waals surface area contributed by atoms with Gasteiger partial charge in [0.2, 0.25) is 0 Å². The summed E-state index contributed by atoms with van der Waals surface area (Å²) < 4.78 is 2.01. The summed E-state index contributed by atoms with van der Waals surface area (Å²) in [5.74, 6) is 0. The van der Waals surface area contributed by atoms with E-state index < -0.39 is 0 Å². The van der Waals surface area contributed by atoms with Gasteiger partial charge in [0.1, 0.15) is 0 Å². The van der Waals surface area contributed by atoms with Crippen LogP contribution in [0.2, 0.25) is 0 Å². The Morgan fingerprint density at radius 1 is 1.35 bits per heavy atom. The van der Waals surface area contributed by atoms with Gasteiger partial charge in [0.25, 0.3) is 0 Å². The summed E-state index contributed by atoms with van der Waals surface area (Å²) in [6.07, 6.45) is 3.22. The van der Waals surface area contributed by atoms with Crippen LogP contribution in [0.4, 0.5) is 0 Å². The molecule has 0 saturated carbocycles. The minimum Gasteiger partial charge on any atom is -0.326 e. The Morgan fingerprint density at radius 2 is 2.18 bits per heavy atom. The van der Waals surface area contributed by atoms with Gasteiger partial charge in [0.15, 0.2) is 0 Å². The summed E-state index contributed by atoms with van der Waals surface area (Å²) in [5, 5.41) is 4.52. The highest BCUT2D eigenvalue weighted by Gasteiger charge is 2.07. The summed E-state index contributed by atoms with van der Waals surface area (Å²) in [6, 6.07) is 8.35. The number of rotatable bonds is 4. The second-order valence-electron chi connectivity index (χ2n) is 4.30. The molecule has 0 amide bonds. The standard InChI is InChI=1S/C14H19N3/c1-3-7-17-10-14(11(2)16-17)13-6-4-5-12(8-13)9-15/h4-6,8,10H,3,7,9,15H2,1-2H3. The van der Waals surface area contributed by atoms with Crippen molar-refractivity contribution in [2.24, 2.45) is 5.73 Å². The predicted octanol–water partition coefficient (Wildman–Crippen LogP) is 2.73. The average Bonchev–Trinajstić information content (AvgIpc) is 2.71. The lowest BCUT2D eigenvalue weighted by molar-refractivity contribution is 0.598. The Morgan fingerprint density at radius 3 is 2.88 bits per heavy atom. The van der Waals surface area contributed by atoms with Gasteiger partial charge in [-0.05, 0) is 30.5 Å². The molecule has 0 radical (unpaired) electrons. The summed E-state index contributed by atoms with van der Waals surface area (Å²) in [5.41, 5.74) is 10.3. The molecule has 0 aliphatic heterocycles. The van der Waals surface area contributed by atoms with Crippen LogP contribution in [0.5, 0.6) is 0 Å². The van der Waals surface area contributed by atoms with E-state index in [-0.39, 0.29) is 0 Å². The van der Waals surface area contributed by atoms with E-state index >= 15 is 0 Å². The highest BCUT2D eigenvalue weighted by Crippen LogP contribution is 2.23. The second-order valence-corrected chi connectivity index (χ2v) is 4.30. The van der Waals surface area contributed by atoms with Crippen LogP contribution in [0, 0.1) is 6.92 Å². The van der Waals surface area contributed by atoms with Gasteiger partial charge in [-0.15, -0.1) is 0 Å². The zero-order valence-corrected chi connectivity index (χ0v) is 10.5. The number of aromatic nitrogens is 2. The van der Waals surface area contributed by atoms with Crippen molar-refractivity contribution in [3.63, 3.8) is 0 Å². The number of aryl methyl sites for hydroxylation is 2. The lowest BCUT2D eigenvalue weighted by atomic mass is 10.0. The summed E-state index contributed by atoms with van der Waals surface area (Å²) in [4.78, 5) is 0. The summed E-state index contributed by atoms with van der Waals surface area (Å²) in [6.45, 7) is 5.76. The molecule has 17 heavy (non-hydrogen) atoms. The second kappa shape index (κ2) is 5.15. The molecule has 0 atom stereocenters. The molecular weight excluding hydrogens is 210 g/mol. The van der Waals surface area contributed by atoms with Crippen molar-refractivity contribution < 1.29 is 0 Å². The van der Waals surface area contributed by atoms with Crippen molar-refractivity contribution in [2.75, 3.05) is 0 Å². The van der Waals surface area contributed by atoms with Crippen LogP contribution in [0.3, 0.4) is 0 Å². The van der Waals surface area contributed by atoms with Crippen molar-refractivity contribution in [2.45, 2.75) is 33.4 Å². The van der Waals surface area contributed by atoms with Crippen molar-refractivity contribution >= 4 is 0 Å². The fourth-order valence-corrected chi connectivity index (χ4v) is 2.01. The minimum absolute atomic E-state index is 0.579. The smallest absolute Gasteiger partial charge is 0.0672 e. The molecule has 1 aromatic heterocycles. The molecule has 0 unspecified atom stereocenters. The van der Waals surface area contributed by atoms with Crippen LogP contribution in [0.15, 0.2) is 30.5 Å². The number of nitrogens with two attached hydrogens (primary N) is 1. The zero-order chi connectivity index (χ0) is 12.3. The Kier molecular flexibility index (Phi) is 3.59. The third-order valence-corrected chi connectivity index (χ3v) is 2.87. The molecular formula is C14H19N3. The molecule has 2 rings (SSSR count). The molecule has 0 saturated heterocycles. The van der Waals surface area contributed by atoms with E-state index in [1.807, 2.05) is 10.7 Å². The largest absolute Gasteiger partial charge is 0.326 e. The van der Waals surface area contributed by atoms with Gasteiger partial charge in [0, 0.05) is 24.8 Å². The maximum atomic E-state index is 5.67. The molecule has 0 spiro atoms. The van der Waals surface area contributed by atoms with Gasteiger partial charge in [-0.1, -0.05) is 25.1 Å². The number of benzene rings is 1.